The van der Waals surface area contributed by atoms with E-state index in [1.165, 1.54) is 0 Å². The van der Waals surface area contributed by atoms with Crippen molar-refractivity contribution in [1.82, 2.24) is 9.78 Å². The van der Waals surface area contributed by atoms with Crippen LogP contribution in [0.4, 0.5) is 17.1 Å². The van der Waals surface area contributed by atoms with Crippen LogP contribution in [0.2, 0.25) is 0 Å². The lowest BCUT2D eigenvalue weighted by atomic mass is 10.0. The summed E-state index contributed by atoms with van der Waals surface area (Å²) in [5.74, 6) is 0.0568. The van der Waals surface area contributed by atoms with E-state index >= 15 is 0 Å². The maximum absolute atomic E-state index is 11.5. The fourth-order valence-electron chi connectivity index (χ4n) is 2.61. The quantitative estimate of drug-likeness (QED) is 0.751. The van der Waals surface area contributed by atoms with Crippen molar-refractivity contribution in [3.8, 4) is 0 Å². The summed E-state index contributed by atoms with van der Waals surface area (Å²) >= 11 is 0. The number of carbonyl (C=O) groups excluding carboxylic acids is 1. The summed E-state index contributed by atoms with van der Waals surface area (Å²) in [5, 5.41) is 10.5. The summed E-state index contributed by atoms with van der Waals surface area (Å²) in [4.78, 5) is 11.5. The number of hydrogen-bond donors (Lipinski definition) is 3. The van der Waals surface area contributed by atoms with Gasteiger partial charge in [-0.15, -0.1) is 0 Å². The van der Waals surface area contributed by atoms with Gasteiger partial charge in [0, 0.05) is 37.5 Å². The molecule has 6 nitrogen and oxygen atoms in total. The Morgan fingerprint density at radius 2 is 2.24 bits per heavy atom. The molecule has 110 valence electrons. The van der Waals surface area contributed by atoms with E-state index in [9.17, 15) is 4.79 Å². The summed E-state index contributed by atoms with van der Waals surface area (Å²) in [7, 11) is 1.90. The number of nitrogens with zero attached hydrogens (tertiary/aromatic N) is 2. The molecule has 0 atom stereocenters. The number of rotatable bonds is 3. The Labute approximate surface area is 123 Å². The highest BCUT2D eigenvalue weighted by Gasteiger charge is 2.16. The topological polar surface area (TPSA) is 85.0 Å². The van der Waals surface area contributed by atoms with Crippen molar-refractivity contribution in [1.29, 1.82) is 0 Å². The van der Waals surface area contributed by atoms with Crippen molar-refractivity contribution < 1.29 is 4.79 Å². The van der Waals surface area contributed by atoms with Crippen LogP contribution in [0.1, 0.15) is 23.2 Å². The molecule has 0 bridgehead atoms. The summed E-state index contributed by atoms with van der Waals surface area (Å²) < 4.78 is 1.79. The second-order valence-corrected chi connectivity index (χ2v) is 5.41. The molecule has 6 heteroatoms. The van der Waals surface area contributed by atoms with Crippen molar-refractivity contribution in [2.45, 2.75) is 26.3 Å². The number of aryl methyl sites for hydroxylation is 3. The number of nitrogen functional groups attached to an aromatic ring is 1. The molecule has 1 aliphatic heterocycles. The minimum atomic E-state index is 0.0568. The molecule has 0 spiro atoms. The lowest BCUT2D eigenvalue weighted by Crippen LogP contribution is -2.19. The minimum absolute atomic E-state index is 0.0568. The molecule has 1 aromatic carbocycles. The van der Waals surface area contributed by atoms with E-state index in [4.69, 9.17) is 5.73 Å². The van der Waals surface area contributed by atoms with E-state index in [1.54, 1.807) is 4.68 Å². The van der Waals surface area contributed by atoms with Crippen molar-refractivity contribution in [2.24, 2.45) is 7.05 Å². The molecule has 0 fully saturated rings. The molecule has 3 rings (SSSR count). The second-order valence-electron chi connectivity index (χ2n) is 5.41. The second kappa shape index (κ2) is 5.12. The van der Waals surface area contributed by atoms with Gasteiger partial charge in [0.2, 0.25) is 5.91 Å². The molecular formula is C15H19N5O. The van der Waals surface area contributed by atoms with E-state index in [-0.39, 0.29) is 5.91 Å². The Morgan fingerprint density at radius 1 is 1.43 bits per heavy atom. The fraction of sp³-hybridized carbons (Fsp3) is 0.333. The molecular weight excluding hydrogens is 266 g/mol. The van der Waals surface area contributed by atoms with Gasteiger partial charge < -0.3 is 16.4 Å². The number of fused-ring (bicyclic) bond motifs is 1. The zero-order valence-corrected chi connectivity index (χ0v) is 12.2. The Kier molecular flexibility index (Phi) is 3.29. The predicted molar refractivity (Wildman–Crippen MR) is 83.1 cm³/mol. The predicted octanol–water partition coefficient (Wildman–Crippen LogP) is 1.81. The van der Waals surface area contributed by atoms with E-state index < -0.39 is 0 Å². The summed E-state index contributed by atoms with van der Waals surface area (Å²) in [6.45, 7) is 2.63. The smallest absolute Gasteiger partial charge is 0.224 e. The highest BCUT2D eigenvalue weighted by atomic mass is 16.1. The van der Waals surface area contributed by atoms with Crippen molar-refractivity contribution >= 4 is 23.0 Å². The molecule has 1 amide bonds. The molecule has 2 heterocycles. The first-order valence-electron chi connectivity index (χ1n) is 6.98. The molecule has 1 aromatic heterocycles. The van der Waals surface area contributed by atoms with Gasteiger partial charge in [-0.1, -0.05) is 0 Å². The van der Waals surface area contributed by atoms with Crippen LogP contribution in [-0.4, -0.2) is 15.7 Å². The third-order valence-electron chi connectivity index (χ3n) is 3.76. The Hall–Kier alpha value is -2.50. The third kappa shape index (κ3) is 2.69. The van der Waals surface area contributed by atoms with E-state index in [0.717, 1.165) is 34.6 Å². The molecule has 21 heavy (non-hydrogen) atoms. The monoisotopic (exact) mass is 285 g/mol. The van der Waals surface area contributed by atoms with Crippen LogP contribution in [0.15, 0.2) is 18.3 Å². The van der Waals surface area contributed by atoms with Gasteiger partial charge in [-0.3, -0.25) is 9.48 Å². The van der Waals surface area contributed by atoms with Crippen LogP contribution >= 0.6 is 0 Å². The molecule has 4 N–H and O–H groups in total. The van der Waals surface area contributed by atoms with Gasteiger partial charge in [0.25, 0.3) is 0 Å². The van der Waals surface area contributed by atoms with Crippen LogP contribution < -0.4 is 16.4 Å². The number of hydrogen-bond acceptors (Lipinski definition) is 4. The van der Waals surface area contributed by atoms with E-state index in [1.807, 2.05) is 32.3 Å². The highest BCUT2D eigenvalue weighted by Crippen LogP contribution is 2.31. The first-order valence-corrected chi connectivity index (χ1v) is 6.98. The molecule has 0 radical (unpaired) electrons. The lowest BCUT2D eigenvalue weighted by Gasteiger charge is -2.19. The molecule has 1 aliphatic rings. The van der Waals surface area contributed by atoms with Crippen LogP contribution in [0.5, 0.6) is 0 Å². The third-order valence-corrected chi connectivity index (χ3v) is 3.76. The van der Waals surface area contributed by atoms with Crippen LogP contribution in [0, 0.1) is 6.92 Å². The molecule has 0 saturated heterocycles. The van der Waals surface area contributed by atoms with Crippen LogP contribution in [-0.2, 0) is 24.8 Å². The Balaban J connectivity index is 1.81. The number of benzene rings is 1. The van der Waals surface area contributed by atoms with Gasteiger partial charge in [-0.25, -0.2) is 0 Å². The summed E-state index contributed by atoms with van der Waals surface area (Å²) in [5.41, 5.74) is 11.7. The average molecular weight is 285 g/mol. The van der Waals surface area contributed by atoms with Gasteiger partial charge in [0.1, 0.15) is 0 Å². The zero-order chi connectivity index (χ0) is 15.0. The average Bonchev–Trinajstić information content (AvgIpc) is 2.75. The van der Waals surface area contributed by atoms with Crippen LogP contribution in [0.25, 0.3) is 0 Å². The number of carbonyl (C=O) groups is 1. The lowest BCUT2D eigenvalue weighted by molar-refractivity contribution is -0.116. The molecule has 0 saturated carbocycles. The standard InChI is InChI=1S/C15H19N5O/c1-9-11(8-20(2)19-9)7-17-14-6-13-10(5-12(14)16)3-4-15(21)18-13/h5-6,8,17H,3-4,7,16H2,1-2H3,(H,18,21). The van der Waals surface area contributed by atoms with Crippen molar-refractivity contribution in [2.75, 3.05) is 16.4 Å². The van der Waals surface area contributed by atoms with Gasteiger partial charge >= 0.3 is 0 Å². The number of anilines is 3. The normalized spacial score (nSPS) is 13.7. The van der Waals surface area contributed by atoms with Gasteiger partial charge in [-0.05, 0) is 31.0 Å². The molecule has 0 unspecified atom stereocenters. The van der Waals surface area contributed by atoms with Crippen molar-refractivity contribution in [3.05, 3.63) is 35.2 Å². The Bertz CT molecular complexity index is 704. The van der Waals surface area contributed by atoms with Crippen molar-refractivity contribution in [3.63, 3.8) is 0 Å². The van der Waals surface area contributed by atoms with Gasteiger partial charge in [-0.2, -0.15) is 5.10 Å². The maximum Gasteiger partial charge on any atom is 0.224 e. The first kappa shape index (κ1) is 13.5. The number of nitrogens with one attached hydrogen (secondary N) is 2. The van der Waals surface area contributed by atoms with E-state index in [2.05, 4.69) is 15.7 Å². The first-order chi connectivity index (χ1) is 10.0. The van der Waals surface area contributed by atoms with E-state index in [0.29, 0.717) is 18.7 Å². The number of nitrogens with two attached hydrogens (primary N) is 1. The largest absolute Gasteiger partial charge is 0.397 e. The van der Waals surface area contributed by atoms with Gasteiger partial charge in [0.15, 0.2) is 0 Å². The highest BCUT2D eigenvalue weighted by molar-refractivity contribution is 5.95. The SMILES string of the molecule is Cc1nn(C)cc1CNc1cc2c(cc1N)CCC(=O)N2. The molecule has 2 aromatic rings. The maximum atomic E-state index is 11.5. The fourth-order valence-corrected chi connectivity index (χ4v) is 2.61. The van der Waals surface area contributed by atoms with Gasteiger partial charge in [0.05, 0.1) is 17.1 Å². The summed E-state index contributed by atoms with van der Waals surface area (Å²) in [6, 6.07) is 3.85. The number of aromatic nitrogens is 2. The molecule has 0 aliphatic carbocycles. The number of amides is 1. The van der Waals surface area contributed by atoms with Crippen LogP contribution in [0.3, 0.4) is 0 Å². The zero-order valence-electron chi connectivity index (χ0n) is 12.2. The summed E-state index contributed by atoms with van der Waals surface area (Å²) in [6.07, 6.45) is 3.25. The Morgan fingerprint density at radius 3 is 2.95 bits per heavy atom. The minimum Gasteiger partial charge on any atom is -0.397 e.